The van der Waals surface area contributed by atoms with Crippen LogP contribution in [0.3, 0.4) is 0 Å². The fraction of sp³-hybridized carbons (Fsp3) is 0. The summed E-state index contributed by atoms with van der Waals surface area (Å²) >= 11 is 3.61. The molecule has 2 heterocycles. The van der Waals surface area contributed by atoms with Gasteiger partial charge in [0, 0.05) is 26.7 Å². The van der Waals surface area contributed by atoms with Gasteiger partial charge in [0.25, 0.3) is 5.91 Å². The second kappa shape index (κ2) is 9.63. The summed E-state index contributed by atoms with van der Waals surface area (Å²) in [5.41, 5.74) is 4.43. The lowest BCUT2D eigenvalue weighted by Gasteiger charge is -2.07. The third kappa shape index (κ3) is 4.26. The molecular formula is C33H19BrN2O4. The van der Waals surface area contributed by atoms with E-state index in [1.165, 1.54) is 0 Å². The van der Waals surface area contributed by atoms with Crippen molar-refractivity contribution in [2.75, 3.05) is 5.32 Å². The van der Waals surface area contributed by atoms with Crippen LogP contribution in [-0.4, -0.2) is 10.9 Å². The van der Waals surface area contributed by atoms with Crippen LogP contribution in [0, 0.1) is 0 Å². The summed E-state index contributed by atoms with van der Waals surface area (Å²) in [6.45, 7) is 0. The Hall–Kier alpha value is -5.01. The third-order valence-corrected chi connectivity index (χ3v) is 7.54. The van der Waals surface area contributed by atoms with E-state index in [9.17, 15) is 9.59 Å². The lowest BCUT2D eigenvalue weighted by Crippen LogP contribution is -2.11. The van der Waals surface area contributed by atoms with Gasteiger partial charge in [-0.05, 0) is 70.9 Å². The predicted molar refractivity (Wildman–Crippen MR) is 161 cm³/mol. The number of carbonyl (C=O) groups excluding carboxylic acids is 1. The van der Waals surface area contributed by atoms with Gasteiger partial charge < -0.3 is 14.2 Å². The Bertz CT molecular complexity index is 2150. The van der Waals surface area contributed by atoms with Crippen molar-refractivity contribution in [3.05, 3.63) is 130 Å². The van der Waals surface area contributed by atoms with Gasteiger partial charge in [-0.1, -0.05) is 70.5 Å². The van der Waals surface area contributed by atoms with Crippen molar-refractivity contribution in [3.8, 4) is 22.6 Å². The largest absolute Gasteiger partial charge is 0.436 e. The molecule has 0 saturated heterocycles. The Morgan fingerprint density at radius 2 is 1.52 bits per heavy atom. The first-order chi connectivity index (χ1) is 19.5. The zero-order valence-corrected chi connectivity index (χ0v) is 22.4. The molecule has 0 spiro atoms. The molecule has 0 aliphatic rings. The van der Waals surface area contributed by atoms with Crippen LogP contribution in [0.25, 0.3) is 55.4 Å². The number of rotatable bonds is 4. The van der Waals surface area contributed by atoms with E-state index < -0.39 is 5.63 Å². The molecule has 192 valence electrons. The molecule has 0 atom stereocenters. The molecule has 1 amide bonds. The van der Waals surface area contributed by atoms with E-state index in [-0.39, 0.29) is 5.91 Å². The Morgan fingerprint density at radius 3 is 2.40 bits per heavy atom. The molecule has 2 aromatic heterocycles. The number of aromatic nitrogens is 1. The number of anilines is 1. The molecule has 0 bridgehead atoms. The molecule has 0 radical (unpaired) electrons. The van der Waals surface area contributed by atoms with Crippen LogP contribution < -0.4 is 10.9 Å². The minimum Gasteiger partial charge on any atom is -0.436 e. The highest BCUT2D eigenvalue weighted by atomic mass is 79.9. The quantitative estimate of drug-likeness (QED) is 0.209. The highest BCUT2D eigenvalue weighted by Crippen LogP contribution is 2.34. The lowest BCUT2D eigenvalue weighted by atomic mass is 10.0. The number of hydrogen-bond acceptors (Lipinski definition) is 5. The maximum atomic E-state index is 13.0. The van der Waals surface area contributed by atoms with Crippen molar-refractivity contribution >= 4 is 60.4 Å². The molecule has 0 aliphatic carbocycles. The van der Waals surface area contributed by atoms with E-state index in [0.717, 1.165) is 26.2 Å². The van der Waals surface area contributed by atoms with E-state index in [1.54, 1.807) is 54.6 Å². The van der Waals surface area contributed by atoms with E-state index >= 15 is 0 Å². The van der Waals surface area contributed by atoms with Gasteiger partial charge in [-0.2, -0.15) is 0 Å². The number of para-hydroxylation sites is 1. The van der Waals surface area contributed by atoms with E-state index in [0.29, 0.717) is 45.0 Å². The Morgan fingerprint density at radius 1 is 0.725 bits per heavy atom. The molecule has 1 N–H and O–H groups in total. The minimum atomic E-state index is -0.424. The van der Waals surface area contributed by atoms with E-state index in [4.69, 9.17) is 13.8 Å². The van der Waals surface area contributed by atoms with Crippen LogP contribution in [-0.2, 0) is 0 Å². The van der Waals surface area contributed by atoms with Crippen molar-refractivity contribution in [3.63, 3.8) is 0 Å². The van der Waals surface area contributed by atoms with Crippen molar-refractivity contribution in [2.24, 2.45) is 0 Å². The molecule has 7 aromatic rings. The zero-order chi connectivity index (χ0) is 27.2. The Kier molecular flexibility index (Phi) is 5.79. The number of nitrogens with zero attached hydrogens (tertiary/aromatic N) is 1. The second-order valence-electron chi connectivity index (χ2n) is 9.36. The van der Waals surface area contributed by atoms with Gasteiger partial charge in [0.2, 0.25) is 5.89 Å². The normalized spacial score (nSPS) is 11.3. The molecular weight excluding hydrogens is 568 g/mol. The number of fused-ring (bicyclic) bond motifs is 3. The Labute approximate surface area is 236 Å². The summed E-state index contributed by atoms with van der Waals surface area (Å²) in [5.74, 6) is 0.231. The van der Waals surface area contributed by atoms with Crippen LogP contribution in [0.1, 0.15) is 10.4 Å². The number of benzene rings is 5. The highest BCUT2D eigenvalue weighted by Gasteiger charge is 2.14. The molecule has 0 saturated carbocycles. The number of halogens is 1. The monoisotopic (exact) mass is 586 g/mol. The van der Waals surface area contributed by atoms with Gasteiger partial charge in [-0.3, -0.25) is 4.79 Å². The van der Waals surface area contributed by atoms with Crippen LogP contribution in [0.15, 0.2) is 127 Å². The zero-order valence-electron chi connectivity index (χ0n) is 20.9. The number of carbonyl (C=O) groups is 1. The van der Waals surface area contributed by atoms with E-state index in [2.05, 4.69) is 21.2 Å². The fourth-order valence-electron chi connectivity index (χ4n) is 4.85. The SMILES string of the molecule is O=C(Nc1ccc2oc(-c3cccc4c(Br)cccc34)nc2c1)c1ccc(-c2cc3ccccc3oc2=O)cc1. The van der Waals surface area contributed by atoms with Gasteiger partial charge in [-0.15, -0.1) is 0 Å². The first-order valence-electron chi connectivity index (χ1n) is 12.6. The van der Waals surface area contributed by atoms with Crippen molar-refractivity contribution in [1.29, 1.82) is 0 Å². The average Bonchev–Trinajstić information content (AvgIpc) is 3.40. The molecule has 0 aliphatic heterocycles. The summed E-state index contributed by atoms with van der Waals surface area (Å²) in [6.07, 6.45) is 0. The van der Waals surface area contributed by atoms with Crippen LogP contribution >= 0.6 is 15.9 Å². The molecule has 5 aromatic carbocycles. The summed E-state index contributed by atoms with van der Waals surface area (Å²) < 4.78 is 12.5. The average molecular weight is 587 g/mol. The van der Waals surface area contributed by atoms with Crippen LogP contribution in [0.2, 0.25) is 0 Å². The Balaban J connectivity index is 1.14. The predicted octanol–water partition coefficient (Wildman–Crippen LogP) is 8.44. The molecule has 0 fully saturated rings. The first kappa shape index (κ1) is 24.1. The van der Waals surface area contributed by atoms with Gasteiger partial charge >= 0.3 is 5.63 Å². The topological polar surface area (TPSA) is 85.3 Å². The minimum absolute atomic E-state index is 0.279. The van der Waals surface area contributed by atoms with Crippen LogP contribution in [0.4, 0.5) is 5.69 Å². The van der Waals surface area contributed by atoms with Gasteiger partial charge in [-0.25, -0.2) is 9.78 Å². The summed E-state index contributed by atoms with van der Waals surface area (Å²) in [7, 11) is 0. The number of hydrogen-bond donors (Lipinski definition) is 1. The van der Waals surface area contributed by atoms with Crippen molar-refractivity contribution in [1.82, 2.24) is 4.98 Å². The summed E-state index contributed by atoms with van der Waals surface area (Å²) in [5, 5.41) is 5.86. The third-order valence-electron chi connectivity index (χ3n) is 6.84. The highest BCUT2D eigenvalue weighted by molar-refractivity contribution is 9.10. The van der Waals surface area contributed by atoms with Crippen molar-refractivity contribution < 1.29 is 13.6 Å². The first-order valence-corrected chi connectivity index (χ1v) is 13.4. The molecule has 6 nitrogen and oxygen atoms in total. The maximum Gasteiger partial charge on any atom is 0.344 e. The van der Waals surface area contributed by atoms with Crippen molar-refractivity contribution in [2.45, 2.75) is 0 Å². The number of oxazole rings is 1. The van der Waals surface area contributed by atoms with Gasteiger partial charge in [0.15, 0.2) is 5.58 Å². The van der Waals surface area contributed by atoms with Gasteiger partial charge in [0.05, 0.1) is 5.56 Å². The van der Waals surface area contributed by atoms with Gasteiger partial charge in [0.1, 0.15) is 11.1 Å². The van der Waals surface area contributed by atoms with E-state index in [1.807, 2.05) is 54.6 Å². The fourth-order valence-corrected chi connectivity index (χ4v) is 5.34. The number of amides is 1. The molecule has 40 heavy (non-hydrogen) atoms. The molecule has 7 heteroatoms. The lowest BCUT2D eigenvalue weighted by molar-refractivity contribution is 0.102. The second-order valence-corrected chi connectivity index (χ2v) is 10.2. The standard InChI is InChI=1S/C33H19BrN2O4/c34-27-9-4-6-23-24(27)7-3-8-25(23)32-36-28-18-22(15-16-30(28)39-32)35-31(37)20-13-11-19(12-14-20)26-17-21-5-1-2-10-29(21)40-33(26)38/h1-18H,(H,35,37). The number of nitrogens with one attached hydrogen (secondary N) is 1. The summed E-state index contributed by atoms with van der Waals surface area (Å²) in [4.78, 5) is 30.2. The molecule has 7 rings (SSSR count). The maximum absolute atomic E-state index is 13.0. The smallest absolute Gasteiger partial charge is 0.344 e. The summed E-state index contributed by atoms with van der Waals surface area (Å²) in [6, 6.07) is 33.4. The van der Waals surface area contributed by atoms with Crippen LogP contribution in [0.5, 0.6) is 0 Å². The molecule has 0 unspecified atom stereocenters.